The second-order valence-corrected chi connectivity index (χ2v) is 7.15. The highest BCUT2D eigenvalue weighted by Crippen LogP contribution is 2.09. The minimum Gasteiger partial charge on any atom is -0.418 e. The Hall–Kier alpha value is -1.73. The Morgan fingerprint density at radius 3 is 2.07 bits per heavy atom. The number of aryl methyl sites for hydroxylation is 2. The van der Waals surface area contributed by atoms with E-state index in [4.69, 9.17) is 0 Å². The molecule has 160 valence electrons. The van der Waals surface area contributed by atoms with Crippen LogP contribution in [0, 0.1) is 0 Å². The zero-order chi connectivity index (χ0) is 20.8. The van der Waals surface area contributed by atoms with Crippen LogP contribution < -0.4 is 4.68 Å². The van der Waals surface area contributed by atoms with Gasteiger partial charge >= 0.3 is 7.25 Å². The van der Waals surface area contributed by atoms with Crippen LogP contribution in [0.4, 0.5) is 17.3 Å². The van der Waals surface area contributed by atoms with E-state index in [9.17, 15) is 17.3 Å². The Morgan fingerprint density at radius 2 is 1.46 bits per heavy atom. The number of nitrogens with zero attached hydrogens (tertiary/aromatic N) is 3. The van der Waals surface area contributed by atoms with Crippen LogP contribution >= 0.6 is 0 Å². The van der Waals surface area contributed by atoms with Gasteiger partial charge in [0, 0.05) is 6.20 Å². The van der Waals surface area contributed by atoms with Gasteiger partial charge in [-0.2, -0.15) is 4.68 Å². The lowest BCUT2D eigenvalue weighted by molar-refractivity contribution is -0.727. The molecular formula is C20H34BF4N3. The molecule has 0 fully saturated rings. The molecule has 0 N–H and O–H groups in total. The summed E-state index contributed by atoms with van der Waals surface area (Å²) in [5, 5.41) is 0. The van der Waals surface area contributed by atoms with E-state index >= 15 is 0 Å². The molecule has 2 aromatic heterocycles. The topological polar surface area (TPSA) is 13.7 Å². The van der Waals surface area contributed by atoms with Crippen LogP contribution in [0.15, 0.2) is 37.2 Å². The summed E-state index contributed by atoms with van der Waals surface area (Å²) < 4.78 is 45.6. The predicted octanol–water partition coefficient (Wildman–Crippen LogP) is 6.28. The molecular weight excluding hydrogens is 369 g/mol. The standard InChI is InChI=1S/C20H34N3.BF4/c1-3-5-6-7-8-9-10-11-14-21-16-17-23(19-21)22-15-13-20(18-22)12-4-2;2-1(3,4)5/h13,15-19H,3-12,14H2,1-2H3;/q+1;-1. The average Bonchev–Trinajstić information content (AvgIpc) is 3.25. The van der Waals surface area contributed by atoms with Gasteiger partial charge < -0.3 is 17.3 Å². The molecule has 0 bridgehead atoms. The molecule has 0 aliphatic carbocycles. The van der Waals surface area contributed by atoms with Crippen molar-refractivity contribution in [2.75, 3.05) is 0 Å². The Balaban J connectivity index is 0.000000696. The van der Waals surface area contributed by atoms with E-state index in [1.165, 1.54) is 63.4 Å². The minimum atomic E-state index is -6.00. The number of rotatable bonds is 12. The molecule has 0 aliphatic heterocycles. The van der Waals surface area contributed by atoms with Gasteiger partial charge in [-0.15, -0.1) is 4.68 Å². The van der Waals surface area contributed by atoms with E-state index in [1.54, 1.807) is 0 Å². The highest BCUT2D eigenvalue weighted by atomic mass is 19.5. The van der Waals surface area contributed by atoms with E-state index in [0.29, 0.717) is 0 Å². The van der Waals surface area contributed by atoms with E-state index in [2.05, 4.69) is 64.9 Å². The van der Waals surface area contributed by atoms with Gasteiger partial charge in [-0.05, 0) is 30.9 Å². The normalized spacial score (nSPS) is 11.4. The van der Waals surface area contributed by atoms with E-state index in [0.717, 1.165) is 13.0 Å². The fourth-order valence-electron chi connectivity index (χ4n) is 3.09. The van der Waals surface area contributed by atoms with Gasteiger partial charge in [0.15, 0.2) is 6.20 Å². The van der Waals surface area contributed by atoms with Gasteiger partial charge in [-0.25, -0.2) is 4.57 Å². The number of aromatic nitrogens is 3. The summed E-state index contributed by atoms with van der Waals surface area (Å²) in [6.45, 7) is 5.64. The van der Waals surface area contributed by atoms with Crippen molar-refractivity contribution in [3.05, 3.63) is 42.7 Å². The van der Waals surface area contributed by atoms with Crippen molar-refractivity contribution in [3.8, 4) is 0 Å². The molecule has 0 aromatic carbocycles. The van der Waals surface area contributed by atoms with Crippen LogP contribution in [-0.2, 0) is 13.0 Å². The largest absolute Gasteiger partial charge is 0.673 e. The summed E-state index contributed by atoms with van der Waals surface area (Å²) in [5.41, 5.74) is 1.41. The van der Waals surface area contributed by atoms with Crippen molar-refractivity contribution in [1.82, 2.24) is 9.24 Å². The molecule has 2 rings (SSSR count). The van der Waals surface area contributed by atoms with Gasteiger partial charge in [0.05, 0.1) is 12.7 Å². The molecule has 28 heavy (non-hydrogen) atoms. The summed E-state index contributed by atoms with van der Waals surface area (Å²) in [6, 6.07) is 2.21. The van der Waals surface area contributed by atoms with Crippen LogP contribution in [-0.4, -0.2) is 16.5 Å². The Kier molecular flexibility index (Phi) is 11.7. The molecule has 2 aromatic rings. The van der Waals surface area contributed by atoms with E-state index in [1.807, 2.05) is 0 Å². The maximum Gasteiger partial charge on any atom is 0.673 e. The lowest BCUT2D eigenvalue weighted by atomic mass is 10.1. The van der Waals surface area contributed by atoms with Crippen LogP contribution in [0.25, 0.3) is 0 Å². The zero-order valence-corrected chi connectivity index (χ0v) is 17.2. The number of hydrogen-bond donors (Lipinski definition) is 0. The second-order valence-electron chi connectivity index (χ2n) is 7.15. The van der Waals surface area contributed by atoms with Gasteiger partial charge in [0.1, 0.15) is 6.20 Å². The lowest BCUT2D eigenvalue weighted by Gasteiger charge is -2.00. The van der Waals surface area contributed by atoms with Crippen LogP contribution in [0.3, 0.4) is 0 Å². The first-order chi connectivity index (χ1) is 13.3. The van der Waals surface area contributed by atoms with Crippen molar-refractivity contribution in [2.45, 2.75) is 84.6 Å². The Bertz CT molecular complexity index is 631. The molecule has 2 heterocycles. The SMILES string of the molecule is CCCCCCCCCCn1cc[n+](-n2ccc(CCC)c2)c1.F[B-](F)(F)F. The highest BCUT2D eigenvalue weighted by Gasteiger charge is 2.20. The number of hydrogen-bond acceptors (Lipinski definition) is 0. The molecule has 0 saturated carbocycles. The van der Waals surface area contributed by atoms with Crippen LogP contribution in [0.2, 0.25) is 0 Å². The first-order valence-electron chi connectivity index (χ1n) is 10.5. The number of halogens is 4. The summed E-state index contributed by atoms with van der Waals surface area (Å²) in [4.78, 5) is 0. The molecule has 0 radical (unpaired) electrons. The number of imidazole rings is 1. The Morgan fingerprint density at radius 1 is 0.857 bits per heavy atom. The lowest BCUT2D eigenvalue weighted by Crippen LogP contribution is -2.38. The average molecular weight is 403 g/mol. The molecule has 0 aliphatic rings. The summed E-state index contributed by atoms with van der Waals surface area (Å²) in [7, 11) is -6.00. The van der Waals surface area contributed by atoms with Crippen molar-refractivity contribution < 1.29 is 21.9 Å². The molecule has 0 saturated heterocycles. The van der Waals surface area contributed by atoms with Crippen molar-refractivity contribution in [3.63, 3.8) is 0 Å². The smallest absolute Gasteiger partial charge is 0.418 e. The van der Waals surface area contributed by atoms with Crippen molar-refractivity contribution in [2.24, 2.45) is 0 Å². The maximum absolute atomic E-state index is 9.75. The van der Waals surface area contributed by atoms with Gasteiger partial charge in [-0.1, -0.05) is 58.8 Å². The molecule has 0 amide bonds. The minimum absolute atomic E-state index is 1.13. The monoisotopic (exact) mass is 403 g/mol. The fourth-order valence-corrected chi connectivity index (χ4v) is 3.09. The molecule has 0 spiro atoms. The van der Waals surface area contributed by atoms with Crippen molar-refractivity contribution in [1.29, 1.82) is 0 Å². The van der Waals surface area contributed by atoms with Crippen molar-refractivity contribution >= 4 is 7.25 Å². The quantitative estimate of drug-likeness (QED) is 0.171. The fraction of sp³-hybridized carbons (Fsp3) is 0.650. The van der Waals surface area contributed by atoms with Crippen LogP contribution in [0.1, 0.15) is 77.2 Å². The summed E-state index contributed by atoms with van der Waals surface area (Å²) >= 11 is 0. The number of unbranched alkanes of at least 4 members (excludes halogenated alkanes) is 7. The molecule has 3 nitrogen and oxygen atoms in total. The zero-order valence-electron chi connectivity index (χ0n) is 17.2. The highest BCUT2D eigenvalue weighted by molar-refractivity contribution is 6.50. The van der Waals surface area contributed by atoms with E-state index in [-0.39, 0.29) is 0 Å². The molecule has 0 atom stereocenters. The maximum atomic E-state index is 9.75. The van der Waals surface area contributed by atoms with E-state index < -0.39 is 7.25 Å². The van der Waals surface area contributed by atoms with Gasteiger partial charge in [0.25, 0.3) is 6.33 Å². The third kappa shape index (κ3) is 11.9. The third-order valence-electron chi connectivity index (χ3n) is 4.49. The molecule has 0 unspecified atom stereocenters. The predicted molar refractivity (Wildman–Crippen MR) is 107 cm³/mol. The third-order valence-corrected chi connectivity index (χ3v) is 4.49. The first kappa shape index (κ1) is 24.3. The second kappa shape index (κ2) is 13.5. The summed E-state index contributed by atoms with van der Waals surface area (Å²) in [5.74, 6) is 0. The van der Waals surface area contributed by atoms with Crippen LogP contribution in [0.5, 0.6) is 0 Å². The molecule has 8 heteroatoms. The Labute approximate surface area is 166 Å². The van der Waals surface area contributed by atoms with Gasteiger partial charge in [-0.3, -0.25) is 0 Å². The van der Waals surface area contributed by atoms with Gasteiger partial charge in [0.2, 0.25) is 0 Å². The first-order valence-corrected chi connectivity index (χ1v) is 10.5. The summed E-state index contributed by atoms with van der Waals surface area (Å²) in [6.07, 6.45) is 24.3.